The van der Waals surface area contributed by atoms with Crippen LogP contribution in [0, 0.1) is 24.0 Å². The Hall–Kier alpha value is -1.59. The molecule has 0 atom stereocenters. The molecule has 0 saturated carbocycles. The summed E-state index contributed by atoms with van der Waals surface area (Å²) in [6.45, 7) is 3.98. The molecule has 0 aliphatic rings. The van der Waals surface area contributed by atoms with Crippen LogP contribution in [0.1, 0.15) is 11.4 Å². The lowest BCUT2D eigenvalue weighted by molar-refractivity contribution is -0.742. The van der Waals surface area contributed by atoms with E-state index in [9.17, 15) is 0 Å². The Kier molecular flexibility index (Phi) is 3.65. The first-order chi connectivity index (χ1) is 5.04. The van der Waals surface area contributed by atoms with E-state index in [4.69, 9.17) is 15.3 Å². The Bertz CT molecular complexity index is 212. The van der Waals surface area contributed by atoms with Gasteiger partial charge in [-0.2, -0.15) is 0 Å². The lowest BCUT2D eigenvalue weighted by Crippen LogP contribution is -1.81. The van der Waals surface area contributed by atoms with Crippen molar-refractivity contribution < 1.29 is 10.3 Å². The summed E-state index contributed by atoms with van der Waals surface area (Å²) in [6, 6.07) is 0. The van der Waals surface area contributed by atoms with Crippen molar-refractivity contribution >= 4 is 0 Å². The molecule has 6 nitrogen and oxygen atoms in total. The number of nitrogens with one attached hydrogen (secondary N) is 1. The van der Waals surface area contributed by atoms with Crippen LogP contribution in [0.4, 0.5) is 0 Å². The van der Waals surface area contributed by atoms with Crippen LogP contribution >= 0.6 is 0 Å². The van der Waals surface area contributed by atoms with E-state index in [-0.39, 0.29) is 0 Å². The summed E-state index contributed by atoms with van der Waals surface area (Å²) in [5, 5.41) is 13.6. The van der Waals surface area contributed by atoms with E-state index in [1.54, 1.807) is 6.33 Å². The highest BCUT2D eigenvalue weighted by atomic mass is 16.9. The molecule has 1 aromatic rings. The minimum Gasteiger partial charge on any atom is -0.348 e. The normalized spacial score (nSPS) is 8.18. The van der Waals surface area contributed by atoms with Crippen LogP contribution in [-0.2, 0) is 0 Å². The molecule has 6 heteroatoms. The van der Waals surface area contributed by atoms with Gasteiger partial charge in [0.05, 0.1) is 12.0 Å². The molecule has 0 saturated heterocycles. The fourth-order valence-electron chi connectivity index (χ4n) is 0.427. The van der Waals surface area contributed by atoms with Crippen LogP contribution in [0.25, 0.3) is 0 Å². The Balaban J connectivity index is 0.000000218. The first-order valence-electron chi connectivity index (χ1n) is 2.84. The van der Waals surface area contributed by atoms with Crippen LogP contribution in [0.5, 0.6) is 0 Å². The third-order valence-corrected chi connectivity index (χ3v) is 1.08. The maximum atomic E-state index is 8.36. The van der Waals surface area contributed by atoms with E-state index in [0.29, 0.717) is 0 Å². The Morgan fingerprint density at radius 2 is 2.18 bits per heavy atom. The van der Waals surface area contributed by atoms with Crippen molar-refractivity contribution in [2.24, 2.45) is 0 Å². The number of hydrogen-bond donors (Lipinski definition) is 2. The maximum Gasteiger partial charge on any atom is 0.291 e. The average molecular weight is 159 g/mol. The average Bonchev–Trinajstić information content (AvgIpc) is 2.15. The van der Waals surface area contributed by atoms with Crippen LogP contribution in [0.15, 0.2) is 6.33 Å². The van der Waals surface area contributed by atoms with Crippen LogP contribution < -0.4 is 0 Å². The molecule has 1 heterocycles. The Labute approximate surface area is 63.0 Å². The zero-order valence-electron chi connectivity index (χ0n) is 6.24. The molecule has 0 unspecified atom stereocenters. The highest BCUT2D eigenvalue weighted by Gasteiger charge is 1.87. The monoisotopic (exact) mass is 159 g/mol. The maximum absolute atomic E-state index is 8.36. The number of rotatable bonds is 0. The van der Waals surface area contributed by atoms with Gasteiger partial charge in [0, 0.05) is 5.69 Å². The molecule has 1 rings (SSSR count). The van der Waals surface area contributed by atoms with E-state index in [1.807, 2.05) is 13.8 Å². The van der Waals surface area contributed by atoms with E-state index < -0.39 is 5.09 Å². The molecule has 0 fully saturated rings. The van der Waals surface area contributed by atoms with E-state index in [0.717, 1.165) is 11.4 Å². The molecule has 62 valence electrons. The summed E-state index contributed by atoms with van der Waals surface area (Å²) in [6.07, 6.45) is 1.70. The molecular weight excluding hydrogens is 150 g/mol. The predicted molar refractivity (Wildman–Crippen MR) is 36.8 cm³/mol. The minimum atomic E-state index is -1.50. The lowest BCUT2D eigenvalue weighted by atomic mass is 10.4. The van der Waals surface area contributed by atoms with Gasteiger partial charge in [-0.1, -0.05) is 0 Å². The lowest BCUT2D eigenvalue weighted by Gasteiger charge is -1.79. The number of nitrogens with zero attached hydrogens (tertiary/aromatic N) is 2. The van der Waals surface area contributed by atoms with Crippen molar-refractivity contribution in [3.05, 3.63) is 27.8 Å². The van der Waals surface area contributed by atoms with Gasteiger partial charge in [0.25, 0.3) is 5.09 Å². The second-order valence-corrected chi connectivity index (χ2v) is 1.85. The van der Waals surface area contributed by atoms with Crippen molar-refractivity contribution in [2.45, 2.75) is 13.8 Å². The molecule has 11 heavy (non-hydrogen) atoms. The van der Waals surface area contributed by atoms with E-state index in [1.165, 1.54) is 0 Å². The summed E-state index contributed by atoms with van der Waals surface area (Å²) in [7, 11) is 0. The smallest absolute Gasteiger partial charge is 0.291 e. The molecule has 0 aromatic carbocycles. The Morgan fingerprint density at radius 1 is 1.73 bits per heavy atom. The van der Waals surface area contributed by atoms with Crippen molar-refractivity contribution in [1.29, 1.82) is 0 Å². The standard InChI is InChI=1S/C5H8N2.HNO3/c1-4-5(2)7-3-6-4;2-1(3)4/h3H,1-2H3,(H,6,7);(H,2,3,4). The molecule has 0 aliphatic carbocycles. The van der Waals surface area contributed by atoms with Gasteiger partial charge in [0.15, 0.2) is 0 Å². The second kappa shape index (κ2) is 4.26. The summed E-state index contributed by atoms with van der Waals surface area (Å²) in [5.74, 6) is 0. The Morgan fingerprint density at radius 3 is 2.27 bits per heavy atom. The second-order valence-electron chi connectivity index (χ2n) is 1.85. The molecule has 0 spiro atoms. The quantitative estimate of drug-likeness (QED) is 0.430. The molecule has 2 N–H and O–H groups in total. The third kappa shape index (κ3) is 4.89. The van der Waals surface area contributed by atoms with E-state index in [2.05, 4.69) is 9.97 Å². The first-order valence-corrected chi connectivity index (χ1v) is 2.84. The van der Waals surface area contributed by atoms with Crippen molar-refractivity contribution in [1.82, 2.24) is 9.97 Å². The van der Waals surface area contributed by atoms with Crippen LogP contribution in [0.2, 0.25) is 0 Å². The summed E-state index contributed by atoms with van der Waals surface area (Å²) < 4.78 is 0. The molecule has 0 radical (unpaired) electrons. The van der Waals surface area contributed by atoms with Crippen LogP contribution in [0.3, 0.4) is 0 Å². The van der Waals surface area contributed by atoms with Gasteiger partial charge in [-0.25, -0.2) is 4.98 Å². The fraction of sp³-hybridized carbons (Fsp3) is 0.400. The molecule has 0 bridgehead atoms. The number of imidazole rings is 1. The highest BCUT2D eigenvalue weighted by Crippen LogP contribution is 1.94. The molecule has 1 aromatic heterocycles. The summed E-state index contributed by atoms with van der Waals surface area (Å²) in [5.41, 5.74) is 2.24. The van der Waals surface area contributed by atoms with Gasteiger partial charge in [0.2, 0.25) is 0 Å². The van der Waals surface area contributed by atoms with E-state index >= 15 is 0 Å². The number of H-pyrrole nitrogens is 1. The highest BCUT2D eigenvalue weighted by molar-refractivity contribution is 5.04. The van der Waals surface area contributed by atoms with Gasteiger partial charge in [-0.3, -0.25) is 0 Å². The number of hydrogen-bond acceptors (Lipinski definition) is 3. The van der Waals surface area contributed by atoms with Crippen molar-refractivity contribution in [3.8, 4) is 0 Å². The van der Waals surface area contributed by atoms with Gasteiger partial charge in [-0.05, 0) is 13.8 Å². The molecule has 0 amide bonds. The topological polar surface area (TPSA) is 92.0 Å². The SMILES string of the molecule is Cc1nc[nH]c1C.O=[N+]([O-])O. The number of aromatic nitrogens is 2. The first kappa shape index (κ1) is 9.41. The number of aromatic amines is 1. The molecule has 0 aliphatic heterocycles. The van der Waals surface area contributed by atoms with Gasteiger partial charge in [-0.15, -0.1) is 10.1 Å². The zero-order chi connectivity index (χ0) is 8.85. The third-order valence-electron chi connectivity index (χ3n) is 1.08. The van der Waals surface area contributed by atoms with Gasteiger partial charge >= 0.3 is 0 Å². The number of aryl methyl sites for hydroxylation is 2. The predicted octanol–water partition coefficient (Wildman–Crippen LogP) is 0.679. The molecular formula is C5H9N3O3. The van der Waals surface area contributed by atoms with Gasteiger partial charge in [0.1, 0.15) is 0 Å². The summed E-state index contributed by atoms with van der Waals surface area (Å²) >= 11 is 0. The minimum absolute atomic E-state index is 1.08. The largest absolute Gasteiger partial charge is 0.348 e. The van der Waals surface area contributed by atoms with Crippen LogP contribution in [-0.4, -0.2) is 20.3 Å². The zero-order valence-corrected chi connectivity index (χ0v) is 6.24. The van der Waals surface area contributed by atoms with Gasteiger partial charge < -0.3 is 10.2 Å². The van der Waals surface area contributed by atoms with Crippen molar-refractivity contribution in [3.63, 3.8) is 0 Å². The summed E-state index contributed by atoms with van der Waals surface area (Å²) in [4.78, 5) is 15.3. The fourth-order valence-corrected chi connectivity index (χ4v) is 0.427. The van der Waals surface area contributed by atoms with Crippen molar-refractivity contribution in [2.75, 3.05) is 0 Å².